The average Bonchev–Trinajstić information content (AvgIpc) is 3.05. The topological polar surface area (TPSA) is 66.8 Å². The zero-order chi connectivity index (χ0) is 17.5. The minimum absolute atomic E-state index is 0.00723. The monoisotopic (exact) mass is 341 g/mol. The van der Waals surface area contributed by atoms with Gasteiger partial charge in [-0.1, -0.05) is 12.1 Å². The summed E-state index contributed by atoms with van der Waals surface area (Å²) in [4.78, 5) is 24.6. The molecule has 0 bridgehead atoms. The number of nitrogens with zero attached hydrogens (tertiary/aromatic N) is 1. The number of carboxylic acids is 1. The number of halogens is 2. The molecule has 0 aromatic heterocycles. The first-order valence-electron chi connectivity index (χ1n) is 8.01. The molecule has 5 nitrogen and oxygen atoms in total. The summed E-state index contributed by atoms with van der Waals surface area (Å²) in [7, 11) is 0. The van der Waals surface area contributed by atoms with Crippen molar-refractivity contribution in [1.29, 1.82) is 0 Å². The molecule has 1 aliphatic rings. The highest BCUT2D eigenvalue weighted by atomic mass is 19.2. The minimum Gasteiger partial charge on any atom is -0.481 e. The molecule has 1 fully saturated rings. The third-order valence-electron chi connectivity index (χ3n) is 4.04. The van der Waals surface area contributed by atoms with Crippen LogP contribution in [0.2, 0.25) is 0 Å². The summed E-state index contributed by atoms with van der Waals surface area (Å²) in [5.41, 5.74) is 0.138. The lowest BCUT2D eigenvalue weighted by atomic mass is 10.1. The van der Waals surface area contributed by atoms with Crippen molar-refractivity contribution in [3.05, 3.63) is 35.4 Å². The smallest absolute Gasteiger partial charge is 0.305 e. The lowest BCUT2D eigenvalue weighted by Crippen LogP contribution is -2.39. The summed E-state index contributed by atoms with van der Waals surface area (Å²) in [5, 5.41) is 8.82. The highest BCUT2D eigenvalue weighted by Gasteiger charge is 2.23. The van der Waals surface area contributed by atoms with Gasteiger partial charge in [0, 0.05) is 26.1 Å². The van der Waals surface area contributed by atoms with E-state index in [4.69, 9.17) is 9.84 Å². The van der Waals surface area contributed by atoms with Crippen molar-refractivity contribution >= 4 is 11.9 Å². The Morgan fingerprint density at radius 1 is 1.29 bits per heavy atom. The van der Waals surface area contributed by atoms with Crippen LogP contribution in [-0.4, -0.2) is 47.7 Å². The lowest BCUT2D eigenvalue weighted by molar-refractivity contribution is -0.139. The molecule has 132 valence electrons. The second-order valence-electron chi connectivity index (χ2n) is 5.83. The molecular formula is C17H21F2NO4. The molecule has 0 spiro atoms. The van der Waals surface area contributed by atoms with E-state index in [2.05, 4.69) is 0 Å². The molecule has 1 aromatic carbocycles. The highest BCUT2D eigenvalue weighted by molar-refractivity contribution is 5.77. The Morgan fingerprint density at radius 2 is 2.08 bits per heavy atom. The molecule has 7 heteroatoms. The molecule has 0 aliphatic carbocycles. The molecule has 1 aliphatic heterocycles. The fraction of sp³-hybridized carbons (Fsp3) is 0.529. The van der Waals surface area contributed by atoms with E-state index in [0.29, 0.717) is 13.2 Å². The van der Waals surface area contributed by atoms with E-state index in [-0.39, 0.29) is 43.4 Å². The van der Waals surface area contributed by atoms with Crippen LogP contribution < -0.4 is 0 Å². The third-order valence-corrected chi connectivity index (χ3v) is 4.04. The molecule has 1 atom stereocenters. The fourth-order valence-corrected chi connectivity index (χ4v) is 2.72. The van der Waals surface area contributed by atoms with E-state index < -0.39 is 17.6 Å². The van der Waals surface area contributed by atoms with Gasteiger partial charge in [0.15, 0.2) is 11.6 Å². The molecule has 1 heterocycles. The van der Waals surface area contributed by atoms with Crippen LogP contribution >= 0.6 is 0 Å². The van der Waals surface area contributed by atoms with Gasteiger partial charge in [-0.05, 0) is 30.9 Å². The van der Waals surface area contributed by atoms with Crippen LogP contribution in [0.5, 0.6) is 0 Å². The number of hydrogen-bond donors (Lipinski definition) is 1. The second-order valence-corrected chi connectivity index (χ2v) is 5.83. The summed E-state index contributed by atoms with van der Waals surface area (Å²) < 4.78 is 32.3. The molecule has 2 rings (SSSR count). The number of ether oxygens (including phenoxy) is 1. The van der Waals surface area contributed by atoms with Gasteiger partial charge in [-0.25, -0.2) is 8.78 Å². The normalized spacial score (nSPS) is 17.0. The van der Waals surface area contributed by atoms with Gasteiger partial charge in [-0.2, -0.15) is 0 Å². The Labute approximate surface area is 139 Å². The Hall–Kier alpha value is -2.02. The highest BCUT2D eigenvalue weighted by Crippen LogP contribution is 2.16. The first-order valence-corrected chi connectivity index (χ1v) is 8.01. The number of rotatable bonds is 8. The van der Waals surface area contributed by atoms with E-state index in [1.165, 1.54) is 17.0 Å². The summed E-state index contributed by atoms with van der Waals surface area (Å²) in [6.45, 7) is 1.05. The molecule has 0 saturated carbocycles. The zero-order valence-electron chi connectivity index (χ0n) is 13.3. The first kappa shape index (κ1) is 18.3. The van der Waals surface area contributed by atoms with Gasteiger partial charge in [-0.15, -0.1) is 0 Å². The predicted octanol–water partition coefficient (Wildman–Crippen LogP) is 2.38. The van der Waals surface area contributed by atoms with Crippen molar-refractivity contribution in [2.75, 3.05) is 19.7 Å². The largest absolute Gasteiger partial charge is 0.481 e. The van der Waals surface area contributed by atoms with Crippen LogP contribution in [0.15, 0.2) is 18.2 Å². The molecular weight excluding hydrogens is 320 g/mol. The van der Waals surface area contributed by atoms with Crippen molar-refractivity contribution in [3.8, 4) is 0 Å². The van der Waals surface area contributed by atoms with Crippen LogP contribution in [0, 0.1) is 11.6 Å². The predicted molar refractivity (Wildman–Crippen MR) is 82.5 cm³/mol. The van der Waals surface area contributed by atoms with Crippen molar-refractivity contribution in [1.82, 2.24) is 4.90 Å². The maximum Gasteiger partial charge on any atom is 0.305 e. The number of carbonyl (C=O) groups excluding carboxylic acids is 1. The van der Waals surface area contributed by atoms with Crippen LogP contribution in [0.4, 0.5) is 8.78 Å². The second kappa shape index (κ2) is 8.73. The van der Waals surface area contributed by atoms with Gasteiger partial charge in [0.05, 0.1) is 12.5 Å². The zero-order valence-corrected chi connectivity index (χ0v) is 13.3. The van der Waals surface area contributed by atoms with Gasteiger partial charge in [0.25, 0.3) is 0 Å². The van der Waals surface area contributed by atoms with Crippen LogP contribution in [-0.2, 0) is 20.7 Å². The summed E-state index contributed by atoms with van der Waals surface area (Å²) >= 11 is 0. The number of aryl methyl sites for hydroxylation is 1. The van der Waals surface area contributed by atoms with Crippen molar-refractivity contribution < 1.29 is 28.2 Å². The van der Waals surface area contributed by atoms with Gasteiger partial charge < -0.3 is 14.7 Å². The minimum atomic E-state index is -0.990. The molecule has 1 N–H and O–H groups in total. The SMILES string of the molecule is O=C(O)CCN(CC1CCCO1)C(=O)CCc1cccc(F)c1F. The Morgan fingerprint density at radius 3 is 2.75 bits per heavy atom. The Kier molecular flexibility index (Phi) is 6.66. The van der Waals surface area contributed by atoms with E-state index >= 15 is 0 Å². The Balaban J connectivity index is 1.94. The summed E-state index contributed by atoms with van der Waals surface area (Å²) in [6, 6.07) is 3.86. The van der Waals surface area contributed by atoms with Crippen LogP contribution in [0.25, 0.3) is 0 Å². The molecule has 1 saturated heterocycles. The maximum absolute atomic E-state index is 13.6. The number of benzene rings is 1. The van der Waals surface area contributed by atoms with Gasteiger partial charge in [0.1, 0.15) is 0 Å². The van der Waals surface area contributed by atoms with Crippen LogP contribution in [0.3, 0.4) is 0 Å². The number of aliphatic carboxylic acids is 1. The number of carboxylic acid groups (broad SMARTS) is 1. The van der Waals surface area contributed by atoms with Crippen LogP contribution in [0.1, 0.15) is 31.2 Å². The van der Waals surface area contributed by atoms with E-state index in [1.54, 1.807) is 0 Å². The standard InChI is InChI=1S/C17H21F2NO4/c18-14-5-1-3-12(17(14)19)6-7-15(21)20(9-8-16(22)23)11-13-4-2-10-24-13/h1,3,5,13H,2,4,6-11H2,(H,22,23). The van der Waals surface area contributed by atoms with E-state index in [0.717, 1.165) is 18.9 Å². The quantitative estimate of drug-likeness (QED) is 0.788. The van der Waals surface area contributed by atoms with Crippen molar-refractivity contribution in [3.63, 3.8) is 0 Å². The number of carbonyl (C=O) groups is 2. The molecule has 1 unspecified atom stereocenters. The van der Waals surface area contributed by atoms with Gasteiger partial charge >= 0.3 is 5.97 Å². The Bertz CT molecular complexity index is 588. The summed E-state index contributed by atoms with van der Waals surface area (Å²) in [6.07, 6.45) is 1.56. The maximum atomic E-state index is 13.6. The van der Waals surface area contributed by atoms with Gasteiger partial charge in [0.2, 0.25) is 5.91 Å². The van der Waals surface area contributed by atoms with E-state index in [9.17, 15) is 18.4 Å². The van der Waals surface area contributed by atoms with Gasteiger partial charge in [-0.3, -0.25) is 9.59 Å². The van der Waals surface area contributed by atoms with Crippen molar-refractivity contribution in [2.24, 2.45) is 0 Å². The van der Waals surface area contributed by atoms with E-state index in [1.807, 2.05) is 0 Å². The molecule has 24 heavy (non-hydrogen) atoms. The van der Waals surface area contributed by atoms with Crippen molar-refractivity contribution in [2.45, 2.75) is 38.2 Å². The first-order chi connectivity index (χ1) is 11.5. The third kappa shape index (κ3) is 5.26. The molecule has 0 radical (unpaired) electrons. The fourth-order valence-electron chi connectivity index (χ4n) is 2.72. The average molecular weight is 341 g/mol. The molecule has 1 amide bonds. The lowest BCUT2D eigenvalue weighted by Gasteiger charge is -2.25. The number of hydrogen-bond acceptors (Lipinski definition) is 3. The summed E-state index contributed by atoms with van der Waals surface area (Å²) in [5.74, 6) is -3.16. The molecule has 1 aromatic rings. The number of amides is 1.